The first-order valence-electron chi connectivity index (χ1n) is 8.42. The van der Waals surface area contributed by atoms with Crippen molar-refractivity contribution in [1.29, 1.82) is 0 Å². The second kappa shape index (κ2) is 7.30. The number of halogens is 2. The Morgan fingerprint density at radius 1 is 1.29 bits per heavy atom. The third-order valence-electron chi connectivity index (χ3n) is 4.28. The molecule has 3 heterocycles. The van der Waals surface area contributed by atoms with Gasteiger partial charge in [0.25, 0.3) is 5.00 Å². The molecular formula is C19H14BrFN6S. The molecule has 0 N–H and O–H groups in total. The van der Waals surface area contributed by atoms with E-state index in [2.05, 4.69) is 35.7 Å². The van der Waals surface area contributed by atoms with Gasteiger partial charge in [-0.05, 0) is 40.0 Å². The maximum atomic E-state index is 13.3. The molecule has 0 atom stereocenters. The summed E-state index contributed by atoms with van der Waals surface area (Å²) in [7, 11) is 1.90. The molecule has 4 rings (SSSR count). The van der Waals surface area contributed by atoms with Gasteiger partial charge < -0.3 is 4.90 Å². The third-order valence-corrected chi connectivity index (χ3v) is 5.71. The summed E-state index contributed by atoms with van der Waals surface area (Å²) in [6, 6.07) is 6.01. The molecule has 0 unspecified atom stereocenters. The summed E-state index contributed by atoms with van der Waals surface area (Å²) in [5.41, 5.74) is 2.91. The normalized spacial score (nSPS) is 11.0. The second-order valence-corrected chi connectivity index (χ2v) is 7.77. The highest BCUT2D eigenvalue weighted by atomic mass is 79.9. The topological polar surface area (TPSA) is 50.7 Å². The van der Waals surface area contributed by atoms with Crippen LogP contribution in [0.3, 0.4) is 0 Å². The smallest absolute Gasteiger partial charge is 0.270 e. The van der Waals surface area contributed by atoms with Crippen molar-refractivity contribution in [3.8, 4) is 11.3 Å². The minimum atomic E-state index is -0.321. The number of nitrogens with zero attached hydrogens (tertiary/aromatic N) is 6. The molecule has 6 nitrogen and oxygen atoms in total. The number of rotatable bonds is 4. The zero-order valence-corrected chi connectivity index (χ0v) is 17.4. The maximum absolute atomic E-state index is 13.3. The van der Waals surface area contributed by atoms with Gasteiger partial charge in [-0.15, -0.1) is 11.3 Å². The Balaban J connectivity index is 1.84. The zero-order chi connectivity index (χ0) is 19.8. The summed E-state index contributed by atoms with van der Waals surface area (Å²) in [6.45, 7) is 9.55. The number of fused-ring (bicyclic) bond motifs is 1. The van der Waals surface area contributed by atoms with Crippen molar-refractivity contribution >= 4 is 48.9 Å². The third kappa shape index (κ3) is 3.15. The Morgan fingerprint density at radius 3 is 2.71 bits per heavy atom. The van der Waals surface area contributed by atoms with Crippen molar-refractivity contribution in [2.45, 2.75) is 13.3 Å². The number of aromatic nitrogens is 4. The van der Waals surface area contributed by atoms with E-state index in [0.717, 1.165) is 23.6 Å². The SMILES string of the molecule is [C-]#[N+]c1sc(N(C)c2c(CC)nc3cnc(Br)cn23)nc1-c1ccc(F)cc1. The van der Waals surface area contributed by atoms with Crippen LogP contribution in [0.4, 0.5) is 20.3 Å². The minimum absolute atomic E-state index is 0.321. The number of aryl methyl sites for hydroxylation is 1. The van der Waals surface area contributed by atoms with Gasteiger partial charge in [0.2, 0.25) is 0 Å². The molecule has 0 bridgehead atoms. The van der Waals surface area contributed by atoms with Crippen molar-refractivity contribution in [1.82, 2.24) is 19.4 Å². The molecule has 0 amide bonds. The van der Waals surface area contributed by atoms with Crippen LogP contribution in [-0.4, -0.2) is 26.4 Å². The molecule has 28 heavy (non-hydrogen) atoms. The molecule has 0 aliphatic carbocycles. The summed E-state index contributed by atoms with van der Waals surface area (Å²) in [5.74, 6) is 0.551. The number of hydrogen-bond donors (Lipinski definition) is 0. The number of thiazole rings is 1. The fourth-order valence-corrected chi connectivity index (χ4v) is 4.11. The minimum Gasteiger partial charge on any atom is -0.306 e. The number of imidazole rings is 1. The van der Waals surface area contributed by atoms with Gasteiger partial charge >= 0.3 is 0 Å². The standard InChI is InChI=1S/C19H14BrFN6S/c1-4-13-18(27-10-14(20)23-9-15(27)24-13)26(3)19-25-16(17(22-2)28-19)11-5-7-12(21)8-6-11/h5-10H,4H2,1,3H3. The molecule has 0 spiro atoms. The maximum Gasteiger partial charge on any atom is 0.270 e. The van der Waals surface area contributed by atoms with Crippen LogP contribution in [0.15, 0.2) is 41.3 Å². The van der Waals surface area contributed by atoms with E-state index in [1.807, 2.05) is 29.5 Å². The van der Waals surface area contributed by atoms with E-state index in [1.54, 1.807) is 18.3 Å². The summed E-state index contributed by atoms with van der Waals surface area (Å²) >= 11 is 4.70. The molecule has 0 aliphatic rings. The number of hydrogen-bond acceptors (Lipinski definition) is 5. The van der Waals surface area contributed by atoms with E-state index >= 15 is 0 Å². The Kier molecular flexibility index (Phi) is 4.83. The van der Waals surface area contributed by atoms with Crippen molar-refractivity contribution in [3.05, 3.63) is 64.2 Å². The summed E-state index contributed by atoms with van der Waals surface area (Å²) in [5, 5.41) is 1.12. The molecule has 0 saturated carbocycles. The number of anilines is 2. The highest BCUT2D eigenvalue weighted by Gasteiger charge is 2.21. The molecule has 0 fully saturated rings. The molecule has 0 saturated heterocycles. The van der Waals surface area contributed by atoms with Gasteiger partial charge in [-0.2, -0.15) is 0 Å². The molecule has 3 aromatic heterocycles. The van der Waals surface area contributed by atoms with Crippen LogP contribution in [0.1, 0.15) is 12.6 Å². The lowest BCUT2D eigenvalue weighted by molar-refractivity contribution is 0.628. The van der Waals surface area contributed by atoms with Crippen LogP contribution < -0.4 is 4.90 Å². The van der Waals surface area contributed by atoms with Gasteiger partial charge in [0.05, 0.1) is 24.2 Å². The van der Waals surface area contributed by atoms with Gasteiger partial charge in [-0.25, -0.2) is 24.2 Å². The van der Waals surface area contributed by atoms with E-state index < -0.39 is 0 Å². The van der Waals surface area contributed by atoms with Gasteiger partial charge in [0.1, 0.15) is 16.2 Å². The molecular weight excluding hydrogens is 443 g/mol. The fourth-order valence-electron chi connectivity index (χ4n) is 2.97. The molecule has 9 heteroatoms. The fraction of sp³-hybridized carbons (Fsp3) is 0.158. The van der Waals surface area contributed by atoms with E-state index in [1.165, 1.54) is 23.5 Å². The molecule has 4 aromatic rings. The summed E-state index contributed by atoms with van der Waals surface area (Å²) < 4.78 is 15.9. The van der Waals surface area contributed by atoms with E-state index in [9.17, 15) is 4.39 Å². The predicted molar refractivity (Wildman–Crippen MR) is 112 cm³/mol. The molecule has 0 radical (unpaired) electrons. The largest absolute Gasteiger partial charge is 0.306 e. The van der Waals surface area contributed by atoms with Gasteiger partial charge in [0.15, 0.2) is 10.8 Å². The lowest BCUT2D eigenvalue weighted by Crippen LogP contribution is -2.13. The van der Waals surface area contributed by atoms with Crippen LogP contribution in [0, 0.1) is 12.4 Å². The monoisotopic (exact) mass is 456 g/mol. The lowest BCUT2D eigenvalue weighted by atomic mass is 10.1. The first-order valence-corrected chi connectivity index (χ1v) is 10.0. The lowest BCUT2D eigenvalue weighted by Gasteiger charge is -2.17. The average molecular weight is 457 g/mol. The van der Waals surface area contributed by atoms with Crippen molar-refractivity contribution in [3.63, 3.8) is 0 Å². The van der Waals surface area contributed by atoms with E-state index in [-0.39, 0.29) is 5.82 Å². The quantitative estimate of drug-likeness (QED) is 0.373. The highest BCUT2D eigenvalue weighted by Crippen LogP contribution is 2.42. The van der Waals surface area contributed by atoms with Gasteiger partial charge in [-0.1, -0.05) is 19.1 Å². The van der Waals surface area contributed by atoms with Crippen LogP contribution >= 0.6 is 27.3 Å². The average Bonchev–Trinajstić information content (AvgIpc) is 3.29. The number of benzene rings is 1. The van der Waals surface area contributed by atoms with Crippen LogP contribution in [0.2, 0.25) is 0 Å². The highest BCUT2D eigenvalue weighted by molar-refractivity contribution is 9.10. The molecule has 140 valence electrons. The van der Waals surface area contributed by atoms with E-state index in [4.69, 9.17) is 6.57 Å². The second-order valence-electron chi connectivity index (χ2n) is 6.00. The van der Waals surface area contributed by atoms with Crippen molar-refractivity contribution in [2.75, 3.05) is 11.9 Å². The molecule has 1 aromatic carbocycles. The van der Waals surface area contributed by atoms with Crippen LogP contribution in [-0.2, 0) is 6.42 Å². The summed E-state index contributed by atoms with van der Waals surface area (Å²) in [6.07, 6.45) is 4.30. The Hall–Kier alpha value is -2.83. The van der Waals surface area contributed by atoms with Gasteiger partial charge in [-0.3, -0.25) is 4.40 Å². The molecule has 0 aliphatic heterocycles. The Bertz CT molecular complexity index is 1210. The Labute approximate surface area is 173 Å². The van der Waals surface area contributed by atoms with Crippen molar-refractivity contribution < 1.29 is 4.39 Å². The first kappa shape index (κ1) is 18.5. The van der Waals surface area contributed by atoms with Crippen molar-refractivity contribution in [2.24, 2.45) is 0 Å². The first-order chi connectivity index (χ1) is 13.5. The van der Waals surface area contributed by atoms with Crippen LogP contribution in [0.5, 0.6) is 0 Å². The Morgan fingerprint density at radius 2 is 2.04 bits per heavy atom. The zero-order valence-electron chi connectivity index (χ0n) is 15.0. The predicted octanol–water partition coefficient (Wildman–Crippen LogP) is 5.64. The van der Waals surface area contributed by atoms with Gasteiger partial charge in [0, 0.05) is 13.2 Å². The summed E-state index contributed by atoms with van der Waals surface area (Å²) in [4.78, 5) is 19.1. The van der Waals surface area contributed by atoms with Crippen LogP contribution in [0.25, 0.3) is 21.7 Å². The van der Waals surface area contributed by atoms with E-state index in [0.29, 0.717) is 26.0 Å².